The highest BCUT2D eigenvalue weighted by Crippen LogP contribution is 2.22. The van der Waals surface area contributed by atoms with Crippen LogP contribution in [0.1, 0.15) is 51.3 Å². The van der Waals surface area contributed by atoms with Gasteiger partial charge in [-0.25, -0.2) is 0 Å². The van der Waals surface area contributed by atoms with Crippen LogP contribution in [0.3, 0.4) is 0 Å². The normalized spacial score (nSPS) is 14.4. The third-order valence-corrected chi connectivity index (χ3v) is 5.91. The van der Waals surface area contributed by atoms with Crippen LogP contribution in [0, 0.1) is 0 Å². The minimum Gasteiger partial charge on any atom is -0.356 e. The number of hydrogen-bond donors (Lipinski definition) is 2. The summed E-state index contributed by atoms with van der Waals surface area (Å²) in [6, 6.07) is 11.2. The number of nitrogens with one attached hydrogen (secondary N) is 2. The minimum atomic E-state index is -0.186. The second kappa shape index (κ2) is 11.3. The molecular weight excluding hydrogens is 499 g/mol. The van der Waals surface area contributed by atoms with E-state index in [-0.39, 0.29) is 35.8 Å². The first-order chi connectivity index (χ1) is 13.6. The summed E-state index contributed by atoms with van der Waals surface area (Å²) in [5.74, 6) is 0.818. The highest BCUT2D eigenvalue weighted by molar-refractivity contribution is 14.0. The third kappa shape index (κ3) is 5.79. The molecule has 1 aromatic heterocycles. The van der Waals surface area contributed by atoms with Crippen molar-refractivity contribution in [3.63, 3.8) is 0 Å². The highest BCUT2D eigenvalue weighted by atomic mass is 127. The van der Waals surface area contributed by atoms with Crippen LogP contribution in [0.5, 0.6) is 0 Å². The molecule has 1 aliphatic heterocycles. The minimum absolute atomic E-state index is 0. The Morgan fingerprint density at radius 1 is 1.07 bits per heavy atom. The molecule has 0 spiro atoms. The summed E-state index contributed by atoms with van der Waals surface area (Å²) in [5, 5.41) is 8.72. The van der Waals surface area contributed by atoms with Crippen LogP contribution in [0.25, 0.3) is 0 Å². The van der Waals surface area contributed by atoms with Crippen molar-refractivity contribution < 1.29 is 9.59 Å². The van der Waals surface area contributed by atoms with Crippen LogP contribution in [0.2, 0.25) is 0 Å². The van der Waals surface area contributed by atoms with Crippen molar-refractivity contribution in [3.05, 3.63) is 57.8 Å². The van der Waals surface area contributed by atoms with Gasteiger partial charge in [-0.05, 0) is 36.4 Å². The van der Waals surface area contributed by atoms with Gasteiger partial charge < -0.3 is 10.6 Å². The molecule has 1 aromatic carbocycles. The molecule has 1 atom stereocenters. The third-order valence-electron chi connectivity index (χ3n) is 4.81. The molecule has 2 N–H and O–H groups in total. The van der Waals surface area contributed by atoms with Crippen LogP contribution >= 0.6 is 35.3 Å². The van der Waals surface area contributed by atoms with Gasteiger partial charge in [-0.15, -0.1) is 35.3 Å². The van der Waals surface area contributed by atoms with Gasteiger partial charge in [0.1, 0.15) is 0 Å². The molecule has 0 saturated heterocycles. The number of thiophene rings is 1. The Balaban J connectivity index is 0.00000300. The average molecular weight is 526 g/mol. The number of carbonyl (C=O) groups is 2. The molecule has 0 bridgehead atoms. The van der Waals surface area contributed by atoms with E-state index in [1.807, 2.05) is 0 Å². The zero-order chi connectivity index (χ0) is 19.9. The predicted octanol–water partition coefficient (Wildman–Crippen LogP) is 3.71. The summed E-state index contributed by atoms with van der Waals surface area (Å²) in [4.78, 5) is 31.6. The van der Waals surface area contributed by atoms with Crippen molar-refractivity contribution in [2.24, 2.45) is 4.99 Å². The van der Waals surface area contributed by atoms with E-state index >= 15 is 0 Å². The van der Waals surface area contributed by atoms with E-state index in [9.17, 15) is 9.59 Å². The summed E-state index contributed by atoms with van der Waals surface area (Å²) < 4.78 is 0. The number of benzene rings is 1. The number of nitrogens with zero attached hydrogens (tertiary/aromatic N) is 2. The molecule has 0 aliphatic carbocycles. The first kappa shape index (κ1) is 23.3. The van der Waals surface area contributed by atoms with Crippen molar-refractivity contribution in [1.82, 2.24) is 15.5 Å². The van der Waals surface area contributed by atoms with Crippen molar-refractivity contribution in [2.75, 3.05) is 26.7 Å². The van der Waals surface area contributed by atoms with Gasteiger partial charge in [0.05, 0.1) is 11.1 Å². The van der Waals surface area contributed by atoms with Crippen LogP contribution in [-0.2, 0) is 0 Å². The first-order valence-electron chi connectivity index (χ1n) is 9.55. The number of imide groups is 1. The molecule has 2 amide bonds. The number of fused-ring (bicyclic) bond motifs is 1. The maximum atomic E-state index is 12.3. The molecule has 2 aromatic rings. The maximum absolute atomic E-state index is 12.3. The number of rotatable bonds is 8. The Labute approximate surface area is 192 Å². The molecule has 0 fully saturated rings. The molecule has 6 nitrogen and oxygen atoms in total. The van der Waals surface area contributed by atoms with E-state index < -0.39 is 0 Å². The number of unbranched alkanes of at least 4 members (excludes halogenated alkanes) is 1. The van der Waals surface area contributed by atoms with Crippen LogP contribution in [-0.4, -0.2) is 49.4 Å². The summed E-state index contributed by atoms with van der Waals surface area (Å²) in [7, 11) is 1.75. The van der Waals surface area contributed by atoms with Gasteiger partial charge in [0.25, 0.3) is 11.8 Å². The van der Waals surface area contributed by atoms with Gasteiger partial charge in [0.2, 0.25) is 0 Å². The Morgan fingerprint density at radius 2 is 1.76 bits per heavy atom. The highest BCUT2D eigenvalue weighted by Gasteiger charge is 2.34. The number of aliphatic imine (C=N–C) groups is 1. The fourth-order valence-corrected chi connectivity index (χ4v) is 3.97. The van der Waals surface area contributed by atoms with E-state index in [0.29, 0.717) is 23.6 Å². The first-order valence-corrected chi connectivity index (χ1v) is 10.4. The van der Waals surface area contributed by atoms with E-state index in [2.05, 4.69) is 40.1 Å². The Bertz CT molecular complexity index is 819. The fraction of sp³-hybridized carbons (Fsp3) is 0.381. The zero-order valence-electron chi connectivity index (χ0n) is 16.7. The van der Waals surface area contributed by atoms with Gasteiger partial charge in [0, 0.05) is 37.5 Å². The number of hydrogen-bond acceptors (Lipinski definition) is 4. The lowest BCUT2D eigenvalue weighted by Crippen LogP contribution is -2.39. The fourth-order valence-electron chi connectivity index (χ4n) is 3.19. The van der Waals surface area contributed by atoms with E-state index in [4.69, 9.17) is 0 Å². The smallest absolute Gasteiger partial charge is 0.261 e. The second-order valence-corrected chi connectivity index (χ2v) is 7.79. The Morgan fingerprint density at radius 3 is 2.34 bits per heavy atom. The van der Waals surface area contributed by atoms with Crippen molar-refractivity contribution >= 4 is 53.1 Å². The topological polar surface area (TPSA) is 73.8 Å². The molecule has 3 rings (SSSR count). The quantitative estimate of drug-likeness (QED) is 0.181. The van der Waals surface area contributed by atoms with Gasteiger partial charge in [-0.3, -0.25) is 19.5 Å². The van der Waals surface area contributed by atoms with E-state index in [0.717, 1.165) is 31.9 Å². The summed E-state index contributed by atoms with van der Waals surface area (Å²) in [5.41, 5.74) is 1.02. The molecule has 1 unspecified atom stereocenters. The molecule has 0 radical (unpaired) electrons. The predicted molar refractivity (Wildman–Crippen MR) is 129 cm³/mol. The summed E-state index contributed by atoms with van der Waals surface area (Å²) in [6.07, 6.45) is 1.59. The van der Waals surface area contributed by atoms with Crippen LogP contribution in [0.15, 0.2) is 46.8 Å². The van der Waals surface area contributed by atoms with Gasteiger partial charge >= 0.3 is 0 Å². The Hall–Kier alpha value is -1.94. The molecule has 2 heterocycles. The largest absolute Gasteiger partial charge is 0.356 e. The standard InChI is InChI=1S/C21H26N4O2S.HI/c1-15(18-10-7-13-28-18)14-24-21(22-2)23-11-5-6-12-25-19(26)16-8-3-4-9-17(16)20(25)27;/h3-4,7-10,13,15H,5-6,11-12,14H2,1-2H3,(H2,22,23,24);1H. The second-order valence-electron chi connectivity index (χ2n) is 6.81. The molecule has 156 valence electrons. The Kier molecular flexibility index (Phi) is 9.09. The number of guanidine groups is 1. The SMILES string of the molecule is CN=C(NCCCCN1C(=O)c2ccccc2C1=O)NCC(C)c1cccs1.I. The maximum Gasteiger partial charge on any atom is 0.261 e. The molecule has 1 aliphatic rings. The molecule has 29 heavy (non-hydrogen) atoms. The lowest BCUT2D eigenvalue weighted by atomic mass is 10.1. The van der Waals surface area contributed by atoms with Gasteiger partial charge in [-0.2, -0.15) is 0 Å². The lowest BCUT2D eigenvalue weighted by Gasteiger charge is -2.16. The number of halogens is 1. The molecule has 0 saturated carbocycles. The van der Waals surface area contributed by atoms with E-state index in [1.54, 1.807) is 42.6 Å². The van der Waals surface area contributed by atoms with Crippen molar-refractivity contribution in [1.29, 1.82) is 0 Å². The van der Waals surface area contributed by atoms with Gasteiger partial charge in [0.15, 0.2) is 5.96 Å². The van der Waals surface area contributed by atoms with Crippen molar-refractivity contribution in [3.8, 4) is 0 Å². The molecular formula is C21H27IN4O2S. The summed E-state index contributed by atoms with van der Waals surface area (Å²) in [6.45, 7) is 4.18. The number of carbonyl (C=O) groups excluding carboxylic acids is 2. The van der Waals surface area contributed by atoms with Crippen LogP contribution in [0.4, 0.5) is 0 Å². The van der Waals surface area contributed by atoms with Crippen molar-refractivity contribution in [2.45, 2.75) is 25.7 Å². The summed E-state index contributed by atoms with van der Waals surface area (Å²) >= 11 is 1.76. The van der Waals surface area contributed by atoms with E-state index in [1.165, 1.54) is 9.78 Å². The molecule has 8 heteroatoms. The average Bonchev–Trinajstić information content (AvgIpc) is 3.33. The number of amides is 2. The zero-order valence-corrected chi connectivity index (χ0v) is 19.8. The van der Waals surface area contributed by atoms with Gasteiger partial charge in [-0.1, -0.05) is 25.1 Å². The monoisotopic (exact) mass is 526 g/mol. The lowest BCUT2D eigenvalue weighted by molar-refractivity contribution is 0.0652. The van der Waals surface area contributed by atoms with Crippen LogP contribution < -0.4 is 10.6 Å².